The van der Waals surface area contributed by atoms with Crippen LogP contribution in [0, 0.1) is 5.82 Å². The summed E-state index contributed by atoms with van der Waals surface area (Å²) in [5.41, 5.74) is -0.768. The van der Waals surface area contributed by atoms with E-state index >= 15 is 0 Å². The topological polar surface area (TPSA) is 72.2 Å². The van der Waals surface area contributed by atoms with Crippen LogP contribution in [0.2, 0.25) is 5.28 Å². The fraction of sp³-hybridized carbons (Fsp3) is 0. The van der Waals surface area contributed by atoms with Crippen molar-refractivity contribution in [2.45, 2.75) is 0 Å². The standard InChI is InChI=1S/C9H4ClFN2O3/c10-8-12-6-2-1-4(11)3-5(6)7(14)13(8)9(15)16/h1-3H,(H,15,16). The van der Waals surface area contributed by atoms with Crippen LogP contribution in [-0.2, 0) is 0 Å². The van der Waals surface area contributed by atoms with Crippen molar-refractivity contribution >= 4 is 28.6 Å². The molecule has 2 aromatic rings. The summed E-state index contributed by atoms with van der Waals surface area (Å²) in [4.78, 5) is 26.0. The van der Waals surface area contributed by atoms with E-state index in [1.165, 1.54) is 6.07 Å². The monoisotopic (exact) mass is 242 g/mol. The third-order valence-corrected chi connectivity index (χ3v) is 2.23. The van der Waals surface area contributed by atoms with Gasteiger partial charge in [-0.3, -0.25) is 4.79 Å². The van der Waals surface area contributed by atoms with Gasteiger partial charge in [0.25, 0.3) is 5.56 Å². The number of halogens is 2. The van der Waals surface area contributed by atoms with E-state index in [1.807, 2.05) is 0 Å². The number of aromatic nitrogens is 2. The quantitative estimate of drug-likeness (QED) is 0.714. The minimum Gasteiger partial charge on any atom is -0.464 e. The summed E-state index contributed by atoms with van der Waals surface area (Å²) in [6.07, 6.45) is -1.56. The van der Waals surface area contributed by atoms with Crippen molar-refractivity contribution in [3.63, 3.8) is 0 Å². The summed E-state index contributed by atoms with van der Waals surface area (Å²) < 4.78 is 13.1. The predicted octanol–water partition coefficient (Wildman–Crippen LogP) is 1.72. The van der Waals surface area contributed by atoms with Gasteiger partial charge in [0.05, 0.1) is 10.9 Å². The molecule has 1 heterocycles. The van der Waals surface area contributed by atoms with Crippen molar-refractivity contribution in [3.8, 4) is 0 Å². The number of benzene rings is 1. The Morgan fingerprint density at radius 2 is 2.19 bits per heavy atom. The number of carbonyl (C=O) groups is 1. The number of hydrogen-bond acceptors (Lipinski definition) is 3. The highest BCUT2D eigenvalue weighted by Crippen LogP contribution is 2.12. The molecule has 0 unspecified atom stereocenters. The van der Waals surface area contributed by atoms with Gasteiger partial charge >= 0.3 is 6.09 Å². The molecule has 0 spiro atoms. The normalized spacial score (nSPS) is 10.6. The van der Waals surface area contributed by atoms with E-state index in [0.717, 1.165) is 12.1 Å². The summed E-state index contributed by atoms with van der Waals surface area (Å²) in [6.45, 7) is 0. The van der Waals surface area contributed by atoms with E-state index in [-0.39, 0.29) is 15.5 Å². The SMILES string of the molecule is O=C(O)n1c(Cl)nc2ccc(F)cc2c1=O. The summed E-state index contributed by atoms with van der Waals surface area (Å²) in [7, 11) is 0. The molecule has 0 saturated heterocycles. The minimum absolute atomic E-state index is 0.133. The van der Waals surface area contributed by atoms with Gasteiger partial charge < -0.3 is 5.11 Å². The second-order valence-corrected chi connectivity index (χ2v) is 3.30. The summed E-state index contributed by atoms with van der Waals surface area (Å²) >= 11 is 5.52. The third kappa shape index (κ3) is 1.53. The maximum absolute atomic E-state index is 12.9. The van der Waals surface area contributed by atoms with Crippen LogP contribution in [0.1, 0.15) is 0 Å². The Morgan fingerprint density at radius 3 is 2.81 bits per heavy atom. The smallest absolute Gasteiger partial charge is 0.421 e. The first-order chi connectivity index (χ1) is 7.50. The molecule has 82 valence electrons. The fourth-order valence-corrected chi connectivity index (χ4v) is 1.54. The van der Waals surface area contributed by atoms with Gasteiger partial charge in [-0.1, -0.05) is 0 Å². The average molecular weight is 243 g/mol. The number of nitrogens with zero attached hydrogens (tertiary/aromatic N) is 2. The van der Waals surface area contributed by atoms with Crippen LogP contribution in [0.4, 0.5) is 9.18 Å². The Morgan fingerprint density at radius 1 is 1.50 bits per heavy atom. The third-order valence-electron chi connectivity index (χ3n) is 1.98. The van der Waals surface area contributed by atoms with Gasteiger partial charge in [-0.25, -0.2) is 14.2 Å². The van der Waals surface area contributed by atoms with Crippen molar-refractivity contribution in [2.75, 3.05) is 0 Å². The molecule has 0 aliphatic carbocycles. The van der Waals surface area contributed by atoms with Crippen LogP contribution in [0.3, 0.4) is 0 Å². The second-order valence-electron chi connectivity index (χ2n) is 2.97. The Labute approximate surface area is 92.7 Å². The summed E-state index contributed by atoms with van der Waals surface area (Å²) in [5, 5.41) is 8.11. The maximum Gasteiger partial charge on any atom is 0.421 e. The van der Waals surface area contributed by atoms with Gasteiger partial charge in [0.1, 0.15) is 5.82 Å². The molecule has 0 aliphatic rings. The Balaban J connectivity index is 2.96. The molecule has 1 N–H and O–H groups in total. The van der Waals surface area contributed by atoms with E-state index in [1.54, 1.807) is 0 Å². The van der Waals surface area contributed by atoms with Crippen molar-refractivity contribution in [2.24, 2.45) is 0 Å². The van der Waals surface area contributed by atoms with Crippen molar-refractivity contribution in [3.05, 3.63) is 39.7 Å². The van der Waals surface area contributed by atoms with Crippen molar-refractivity contribution in [1.29, 1.82) is 0 Å². The number of rotatable bonds is 0. The Kier molecular flexibility index (Phi) is 2.35. The van der Waals surface area contributed by atoms with E-state index in [0.29, 0.717) is 0 Å². The van der Waals surface area contributed by atoms with E-state index in [4.69, 9.17) is 16.7 Å². The molecule has 7 heteroatoms. The van der Waals surface area contributed by atoms with E-state index < -0.39 is 22.8 Å². The average Bonchev–Trinajstić information content (AvgIpc) is 2.19. The van der Waals surface area contributed by atoms with E-state index in [9.17, 15) is 14.0 Å². The molecule has 0 aliphatic heterocycles. The molecule has 0 saturated carbocycles. The predicted molar refractivity (Wildman–Crippen MR) is 54.4 cm³/mol. The van der Waals surface area contributed by atoms with Crippen LogP contribution >= 0.6 is 11.6 Å². The van der Waals surface area contributed by atoms with Crippen LogP contribution in [-0.4, -0.2) is 20.8 Å². The molecule has 5 nitrogen and oxygen atoms in total. The lowest BCUT2D eigenvalue weighted by Crippen LogP contribution is -2.27. The molecular weight excluding hydrogens is 239 g/mol. The maximum atomic E-state index is 12.9. The second kappa shape index (κ2) is 3.57. The molecule has 1 aromatic carbocycles. The summed E-state index contributed by atoms with van der Waals surface area (Å²) in [5.74, 6) is -0.648. The number of fused-ring (bicyclic) bond motifs is 1. The first-order valence-corrected chi connectivity index (χ1v) is 4.49. The lowest BCUT2D eigenvalue weighted by molar-refractivity contribution is 0.195. The highest BCUT2D eigenvalue weighted by Gasteiger charge is 2.14. The molecule has 0 radical (unpaired) electrons. The zero-order valence-electron chi connectivity index (χ0n) is 7.65. The Bertz CT molecular complexity index is 653. The first kappa shape index (κ1) is 10.6. The molecule has 0 atom stereocenters. The van der Waals surface area contributed by atoms with Crippen molar-refractivity contribution in [1.82, 2.24) is 9.55 Å². The van der Waals surface area contributed by atoms with Gasteiger partial charge in [0.15, 0.2) is 0 Å². The fourth-order valence-electron chi connectivity index (χ4n) is 1.30. The van der Waals surface area contributed by atoms with Crippen LogP contribution in [0.5, 0.6) is 0 Å². The van der Waals surface area contributed by atoms with Gasteiger partial charge in [-0.2, -0.15) is 4.57 Å². The molecule has 16 heavy (non-hydrogen) atoms. The lowest BCUT2D eigenvalue weighted by Gasteiger charge is -2.03. The highest BCUT2D eigenvalue weighted by atomic mass is 35.5. The molecule has 2 rings (SSSR count). The molecule has 0 fully saturated rings. The van der Waals surface area contributed by atoms with Gasteiger partial charge in [-0.05, 0) is 29.8 Å². The molecule has 0 amide bonds. The Hall–Kier alpha value is -1.95. The summed E-state index contributed by atoms with van der Waals surface area (Å²) in [6, 6.07) is 3.28. The molecule has 0 bridgehead atoms. The molecular formula is C9H4ClFN2O3. The lowest BCUT2D eigenvalue weighted by atomic mass is 10.2. The van der Waals surface area contributed by atoms with Gasteiger partial charge in [-0.15, -0.1) is 0 Å². The number of carboxylic acid groups (broad SMARTS) is 1. The van der Waals surface area contributed by atoms with Gasteiger partial charge in [0.2, 0.25) is 5.28 Å². The van der Waals surface area contributed by atoms with Crippen LogP contribution in [0.15, 0.2) is 23.0 Å². The van der Waals surface area contributed by atoms with Gasteiger partial charge in [0, 0.05) is 0 Å². The molecule has 1 aromatic heterocycles. The largest absolute Gasteiger partial charge is 0.464 e. The van der Waals surface area contributed by atoms with Crippen molar-refractivity contribution < 1.29 is 14.3 Å². The van der Waals surface area contributed by atoms with E-state index in [2.05, 4.69) is 4.98 Å². The van der Waals surface area contributed by atoms with Crippen LogP contribution < -0.4 is 5.56 Å². The highest BCUT2D eigenvalue weighted by molar-refractivity contribution is 6.29. The van der Waals surface area contributed by atoms with Crippen LogP contribution in [0.25, 0.3) is 10.9 Å². The first-order valence-electron chi connectivity index (χ1n) is 4.12. The minimum atomic E-state index is -1.56. The zero-order chi connectivity index (χ0) is 11.9. The zero-order valence-corrected chi connectivity index (χ0v) is 8.40. The number of hydrogen-bond donors (Lipinski definition) is 1.